The van der Waals surface area contributed by atoms with Crippen LogP contribution in [-0.2, 0) is 0 Å². The zero-order valence-corrected chi connectivity index (χ0v) is 13.5. The molecular formula is C18H14F2N4O2. The lowest BCUT2D eigenvalue weighted by Crippen LogP contribution is -2.26. The molecule has 4 rings (SSSR count). The van der Waals surface area contributed by atoms with Crippen LogP contribution in [0.1, 0.15) is 33.9 Å². The molecule has 26 heavy (non-hydrogen) atoms. The number of nitrogens with one attached hydrogen (secondary N) is 2. The molecule has 2 heterocycles. The van der Waals surface area contributed by atoms with Crippen molar-refractivity contribution in [3.63, 3.8) is 0 Å². The normalized spacial score (nSPS) is 13.6. The quantitative estimate of drug-likeness (QED) is 0.755. The SMILES string of the molecule is O=C(NC1CC1)c1nc(C(=O)Nc2ccc(F)cc2F)n2ccccc12. The number of hydrogen-bond donors (Lipinski definition) is 2. The van der Waals surface area contributed by atoms with Crippen molar-refractivity contribution in [1.29, 1.82) is 0 Å². The molecule has 2 aromatic heterocycles. The van der Waals surface area contributed by atoms with E-state index in [1.54, 1.807) is 24.4 Å². The molecule has 0 unspecified atom stereocenters. The highest BCUT2D eigenvalue weighted by Crippen LogP contribution is 2.21. The maximum absolute atomic E-state index is 13.8. The Hall–Kier alpha value is -3.29. The third-order valence-corrected chi connectivity index (χ3v) is 4.06. The summed E-state index contributed by atoms with van der Waals surface area (Å²) < 4.78 is 28.2. The lowest BCUT2D eigenvalue weighted by Gasteiger charge is -2.05. The number of rotatable bonds is 4. The number of halogens is 2. The van der Waals surface area contributed by atoms with Gasteiger partial charge in [0.15, 0.2) is 5.69 Å². The fraction of sp³-hybridized carbons (Fsp3) is 0.167. The highest BCUT2D eigenvalue weighted by molar-refractivity contribution is 6.06. The number of amides is 2. The second-order valence-corrected chi connectivity index (χ2v) is 6.07. The van der Waals surface area contributed by atoms with Crippen molar-refractivity contribution in [2.24, 2.45) is 0 Å². The molecule has 1 saturated carbocycles. The van der Waals surface area contributed by atoms with Crippen molar-refractivity contribution in [2.75, 3.05) is 5.32 Å². The first kappa shape index (κ1) is 16.2. The summed E-state index contributed by atoms with van der Waals surface area (Å²) in [5.41, 5.74) is 0.422. The Bertz CT molecular complexity index is 1030. The Kier molecular flexibility index (Phi) is 3.87. The van der Waals surface area contributed by atoms with E-state index in [0.29, 0.717) is 11.6 Å². The van der Waals surface area contributed by atoms with Crippen molar-refractivity contribution in [2.45, 2.75) is 18.9 Å². The first-order chi connectivity index (χ1) is 12.5. The van der Waals surface area contributed by atoms with Gasteiger partial charge in [0.1, 0.15) is 11.6 Å². The third kappa shape index (κ3) is 3.01. The molecule has 0 saturated heterocycles. The first-order valence-electron chi connectivity index (χ1n) is 8.07. The van der Waals surface area contributed by atoms with Crippen molar-refractivity contribution >= 4 is 23.0 Å². The summed E-state index contributed by atoms with van der Waals surface area (Å²) >= 11 is 0. The summed E-state index contributed by atoms with van der Waals surface area (Å²) in [4.78, 5) is 29.1. The summed E-state index contributed by atoms with van der Waals surface area (Å²) in [5.74, 6) is -2.77. The Morgan fingerprint density at radius 2 is 1.92 bits per heavy atom. The van der Waals surface area contributed by atoms with E-state index < -0.39 is 17.5 Å². The second-order valence-electron chi connectivity index (χ2n) is 6.07. The molecule has 2 amide bonds. The van der Waals surface area contributed by atoms with Gasteiger partial charge >= 0.3 is 0 Å². The minimum atomic E-state index is -0.897. The maximum atomic E-state index is 13.8. The largest absolute Gasteiger partial charge is 0.348 e. The van der Waals surface area contributed by atoms with Gasteiger partial charge in [-0.05, 0) is 37.1 Å². The van der Waals surface area contributed by atoms with Crippen LogP contribution in [-0.4, -0.2) is 27.2 Å². The van der Waals surface area contributed by atoms with Gasteiger partial charge in [0, 0.05) is 18.3 Å². The van der Waals surface area contributed by atoms with E-state index in [4.69, 9.17) is 0 Å². The molecule has 8 heteroatoms. The van der Waals surface area contributed by atoms with Crippen molar-refractivity contribution in [1.82, 2.24) is 14.7 Å². The number of benzene rings is 1. The number of anilines is 1. The number of hydrogen-bond acceptors (Lipinski definition) is 3. The number of imidazole rings is 1. The van der Waals surface area contributed by atoms with Crippen molar-refractivity contribution in [3.8, 4) is 0 Å². The van der Waals surface area contributed by atoms with Gasteiger partial charge in [0.05, 0.1) is 11.2 Å². The van der Waals surface area contributed by atoms with Gasteiger partial charge in [-0.25, -0.2) is 13.8 Å². The van der Waals surface area contributed by atoms with E-state index >= 15 is 0 Å². The van der Waals surface area contributed by atoms with Gasteiger partial charge in [0.25, 0.3) is 11.8 Å². The first-order valence-corrected chi connectivity index (χ1v) is 8.07. The van der Waals surface area contributed by atoms with Crippen LogP contribution in [0.4, 0.5) is 14.5 Å². The summed E-state index contributed by atoms with van der Waals surface area (Å²) in [6.07, 6.45) is 3.44. The van der Waals surface area contributed by atoms with Crippen LogP contribution < -0.4 is 10.6 Å². The van der Waals surface area contributed by atoms with Gasteiger partial charge in [-0.2, -0.15) is 0 Å². The smallest absolute Gasteiger partial charge is 0.292 e. The Morgan fingerprint density at radius 1 is 1.12 bits per heavy atom. The zero-order chi connectivity index (χ0) is 18.3. The molecule has 1 fully saturated rings. The van der Waals surface area contributed by atoms with E-state index in [9.17, 15) is 18.4 Å². The lowest BCUT2D eigenvalue weighted by atomic mass is 10.3. The van der Waals surface area contributed by atoms with Crippen molar-refractivity contribution in [3.05, 3.63) is 65.7 Å². The van der Waals surface area contributed by atoms with Gasteiger partial charge in [-0.15, -0.1) is 0 Å². The van der Waals surface area contributed by atoms with Crippen LogP contribution in [0.2, 0.25) is 0 Å². The van der Waals surface area contributed by atoms with Crippen molar-refractivity contribution < 1.29 is 18.4 Å². The highest BCUT2D eigenvalue weighted by Gasteiger charge is 2.27. The van der Waals surface area contributed by atoms with Gasteiger partial charge in [-0.1, -0.05) is 6.07 Å². The molecule has 3 aromatic rings. The monoisotopic (exact) mass is 356 g/mol. The molecule has 0 bridgehead atoms. The minimum absolute atomic E-state index is 0.0646. The number of carbonyl (C=O) groups excluding carboxylic acids is 2. The summed E-state index contributed by atoms with van der Waals surface area (Å²) in [6.45, 7) is 0. The Morgan fingerprint density at radius 3 is 2.65 bits per heavy atom. The minimum Gasteiger partial charge on any atom is -0.348 e. The van der Waals surface area contributed by atoms with Crippen LogP contribution in [0.3, 0.4) is 0 Å². The van der Waals surface area contributed by atoms with Crippen LogP contribution in [0.5, 0.6) is 0 Å². The molecule has 6 nitrogen and oxygen atoms in total. The van der Waals surface area contributed by atoms with Gasteiger partial charge in [-0.3, -0.25) is 14.0 Å². The second kappa shape index (κ2) is 6.21. The van der Waals surface area contributed by atoms with E-state index in [0.717, 1.165) is 25.0 Å². The average Bonchev–Trinajstić information content (AvgIpc) is 3.34. The molecule has 0 aliphatic heterocycles. The van der Waals surface area contributed by atoms with Crippen LogP contribution in [0.15, 0.2) is 42.6 Å². The molecule has 132 valence electrons. The number of pyridine rings is 1. The predicted octanol–water partition coefficient (Wildman–Crippen LogP) is 2.76. The molecular weight excluding hydrogens is 342 g/mol. The number of nitrogens with zero attached hydrogens (tertiary/aromatic N) is 2. The standard InChI is InChI=1S/C18H14F2N4O2/c19-10-4-7-13(12(20)9-10)22-18(26)16-23-15(17(25)21-11-5-6-11)14-3-1-2-8-24(14)16/h1-4,7-9,11H,5-6H2,(H,21,25)(H,22,26). The molecule has 1 aromatic carbocycles. The third-order valence-electron chi connectivity index (χ3n) is 4.06. The number of carbonyl (C=O) groups is 2. The summed E-state index contributed by atoms with van der Waals surface area (Å²) in [7, 11) is 0. The molecule has 0 spiro atoms. The van der Waals surface area contributed by atoms with Crippen LogP contribution in [0.25, 0.3) is 5.52 Å². The molecule has 1 aliphatic carbocycles. The highest BCUT2D eigenvalue weighted by atomic mass is 19.1. The molecule has 2 N–H and O–H groups in total. The predicted molar refractivity (Wildman–Crippen MR) is 90.0 cm³/mol. The Labute approximate surface area is 146 Å². The van der Waals surface area contributed by atoms with Crippen LogP contribution >= 0.6 is 0 Å². The molecule has 1 aliphatic rings. The van der Waals surface area contributed by atoms with E-state index in [1.807, 2.05) is 0 Å². The summed E-state index contributed by atoms with van der Waals surface area (Å²) in [6, 6.07) is 8.07. The number of fused-ring (bicyclic) bond motifs is 1. The summed E-state index contributed by atoms with van der Waals surface area (Å²) in [5, 5.41) is 5.19. The zero-order valence-electron chi connectivity index (χ0n) is 13.5. The van der Waals surface area contributed by atoms with E-state index in [-0.39, 0.29) is 29.2 Å². The van der Waals surface area contributed by atoms with E-state index in [2.05, 4.69) is 15.6 Å². The lowest BCUT2D eigenvalue weighted by molar-refractivity contribution is 0.0948. The molecule has 0 radical (unpaired) electrons. The van der Waals surface area contributed by atoms with E-state index in [1.165, 1.54) is 4.40 Å². The van der Waals surface area contributed by atoms with Crippen LogP contribution in [0, 0.1) is 11.6 Å². The maximum Gasteiger partial charge on any atom is 0.292 e. The topological polar surface area (TPSA) is 75.5 Å². The Balaban J connectivity index is 1.69. The fourth-order valence-electron chi connectivity index (χ4n) is 2.62. The average molecular weight is 356 g/mol. The fourth-order valence-corrected chi connectivity index (χ4v) is 2.62. The van der Waals surface area contributed by atoms with Gasteiger partial charge in [0.2, 0.25) is 5.82 Å². The number of aromatic nitrogens is 2. The molecule has 0 atom stereocenters. The van der Waals surface area contributed by atoms with Gasteiger partial charge < -0.3 is 10.6 Å².